The Balaban J connectivity index is 1.80. The van der Waals surface area contributed by atoms with E-state index in [1.54, 1.807) is 0 Å². The van der Waals surface area contributed by atoms with Gasteiger partial charge in [0.05, 0.1) is 5.69 Å². The molecular formula is C27H35NO. The molecule has 0 saturated carbocycles. The average Bonchev–Trinajstić information content (AvgIpc) is 3.02. The first-order valence-electron chi connectivity index (χ1n) is 10.8. The predicted octanol–water partition coefficient (Wildman–Crippen LogP) is 8.13. The molecule has 1 heterocycles. The van der Waals surface area contributed by atoms with Crippen molar-refractivity contribution in [2.45, 2.75) is 84.5 Å². The van der Waals surface area contributed by atoms with Crippen LogP contribution in [-0.4, -0.2) is 0 Å². The summed E-state index contributed by atoms with van der Waals surface area (Å²) in [4.78, 5) is 0. The lowest BCUT2D eigenvalue weighted by atomic mass is 9.63. The first-order chi connectivity index (χ1) is 13.4. The minimum atomic E-state index is 0.111. The second-order valence-corrected chi connectivity index (χ2v) is 11.2. The number of hydrogen-bond acceptors (Lipinski definition) is 2. The summed E-state index contributed by atoms with van der Waals surface area (Å²) >= 11 is 0. The fourth-order valence-electron chi connectivity index (χ4n) is 4.59. The standard InChI is InChI=1S/C27H35NO/c1-17-13-20-21(27(7,8)12-11-26(20,5)6)15-22(17)28-23-16-29-24-10-9-18(14-19(23)24)25(2,3)4/h9-10,13-16,28H,11-12H2,1-8H3. The van der Waals surface area contributed by atoms with Crippen LogP contribution in [0.2, 0.25) is 0 Å². The van der Waals surface area contributed by atoms with Gasteiger partial charge < -0.3 is 9.73 Å². The third-order valence-electron chi connectivity index (χ3n) is 6.91. The first kappa shape index (κ1) is 20.1. The molecule has 154 valence electrons. The van der Waals surface area contributed by atoms with E-state index in [-0.39, 0.29) is 16.2 Å². The maximum atomic E-state index is 5.85. The largest absolute Gasteiger partial charge is 0.462 e. The molecule has 1 aliphatic rings. The van der Waals surface area contributed by atoms with E-state index in [0.29, 0.717) is 0 Å². The van der Waals surface area contributed by atoms with Crippen LogP contribution in [0.5, 0.6) is 0 Å². The van der Waals surface area contributed by atoms with Crippen LogP contribution in [0, 0.1) is 6.92 Å². The number of anilines is 2. The second-order valence-electron chi connectivity index (χ2n) is 11.2. The van der Waals surface area contributed by atoms with E-state index in [0.717, 1.165) is 16.7 Å². The van der Waals surface area contributed by atoms with Crippen molar-refractivity contribution in [2.75, 3.05) is 5.32 Å². The Bertz CT molecular complexity index is 1080. The normalized spacial score (nSPS) is 17.9. The molecule has 1 aliphatic carbocycles. The summed E-state index contributed by atoms with van der Waals surface area (Å²) in [5, 5.41) is 4.84. The summed E-state index contributed by atoms with van der Waals surface area (Å²) in [7, 11) is 0. The smallest absolute Gasteiger partial charge is 0.136 e. The molecule has 4 rings (SSSR count). The SMILES string of the molecule is Cc1cc2c(cc1Nc1coc3ccc(C(C)(C)C)cc13)C(C)(C)CCC2(C)C. The van der Waals surface area contributed by atoms with Crippen LogP contribution < -0.4 is 5.32 Å². The molecule has 2 aromatic carbocycles. The topological polar surface area (TPSA) is 25.2 Å². The number of benzene rings is 2. The van der Waals surface area contributed by atoms with E-state index in [4.69, 9.17) is 4.42 Å². The van der Waals surface area contributed by atoms with Gasteiger partial charge in [-0.1, -0.05) is 60.6 Å². The summed E-state index contributed by atoms with van der Waals surface area (Å²) in [6.45, 7) is 18.5. The molecule has 0 saturated heterocycles. The van der Waals surface area contributed by atoms with Crippen LogP contribution in [0.1, 0.15) is 83.6 Å². The molecule has 2 heteroatoms. The van der Waals surface area contributed by atoms with Crippen LogP contribution in [0.15, 0.2) is 41.0 Å². The lowest BCUT2D eigenvalue weighted by Crippen LogP contribution is -2.34. The quantitative estimate of drug-likeness (QED) is 0.478. The predicted molar refractivity (Wildman–Crippen MR) is 125 cm³/mol. The first-order valence-corrected chi connectivity index (χ1v) is 10.8. The van der Waals surface area contributed by atoms with Gasteiger partial charge in [-0.3, -0.25) is 0 Å². The van der Waals surface area contributed by atoms with E-state index >= 15 is 0 Å². The van der Waals surface area contributed by atoms with Crippen molar-refractivity contribution in [3.63, 3.8) is 0 Å². The Kier molecular flexibility index (Phi) is 4.42. The highest BCUT2D eigenvalue weighted by Crippen LogP contribution is 2.47. The maximum absolute atomic E-state index is 5.85. The van der Waals surface area contributed by atoms with Crippen LogP contribution in [-0.2, 0) is 16.2 Å². The van der Waals surface area contributed by atoms with Gasteiger partial charge in [0, 0.05) is 11.1 Å². The van der Waals surface area contributed by atoms with Crippen molar-refractivity contribution in [3.05, 3.63) is 58.8 Å². The molecule has 0 spiro atoms. The van der Waals surface area contributed by atoms with Crippen LogP contribution in [0.3, 0.4) is 0 Å². The van der Waals surface area contributed by atoms with E-state index in [1.807, 2.05) is 6.26 Å². The summed E-state index contributed by atoms with van der Waals surface area (Å²) in [6, 6.07) is 11.3. The van der Waals surface area contributed by atoms with Crippen molar-refractivity contribution in [1.29, 1.82) is 0 Å². The monoisotopic (exact) mass is 389 g/mol. The van der Waals surface area contributed by atoms with Gasteiger partial charge in [-0.15, -0.1) is 0 Å². The molecule has 3 aromatic rings. The molecule has 0 unspecified atom stereocenters. The molecule has 1 aromatic heterocycles. The van der Waals surface area contributed by atoms with E-state index in [9.17, 15) is 0 Å². The highest BCUT2D eigenvalue weighted by atomic mass is 16.3. The van der Waals surface area contributed by atoms with Gasteiger partial charge in [0.25, 0.3) is 0 Å². The Morgan fingerprint density at radius 3 is 2.10 bits per heavy atom. The number of aryl methyl sites for hydroxylation is 1. The van der Waals surface area contributed by atoms with Crippen molar-refractivity contribution in [2.24, 2.45) is 0 Å². The van der Waals surface area contributed by atoms with Crippen molar-refractivity contribution >= 4 is 22.3 Å². The van der Waals surface area contributed by atoms with Crippen LogP contribution >= 0.6 is 0 Å². The zero-order valence-corrected chi connectivity index (χ0v) is 19.3. The Morgan fingerprint density at radius 1 is 0.862 bits per heavy atom. The highest BCUT2D eigenvalue weighted by molar-refractivity contribution is 5.93. The second kappa shape index (κ2) is 6.39. The third kappa shape index (κ3) is 3.47. The van der Waals surface area contributed by atoms with Gasteiger partial charge in [-0.05, 0) is 76.5 Å². The lowest BCUT2D eigenvalue weighted by molar-refractivity contribution is 0.332. The van der Waals surface area contributed by atoms with Gasteiger partial charge >= 0.3 is 0 Å². The molecule has 1 N–H and O–H groups in total. The number of fused-ring (bicyclic) bond motifs is 2. The van der Waals surface area contributed by atoms with E-state index in [2.05, 4.69) is 91.0 Å². The van der Waals surface area contributed by atoms with Gasteiger partial charge in [0.1, 0.15) is 11.8 Å². The molecule has 0 bridgehead atoms. The molecule has 0 atom stereocenters. The number of furan rings is 1. The molecular weight excluding hydrogens is 354 g/mol. The van der Waals surface area contributed by atoms with Gasteiger partial charge in [-0.25, -0.2) is 0 Å². The van der Waals surface area contributed by atoms with Gasteiger partial charge in [0.2, 0.25) is 0 Å². The van der Waals surface area contributed by atoms with E-state index < -0.39 is 0 Å². The average molecular weight is 390 g/mol. The number of nitrogens with one attached hydrogen (secondary N) is 1. The van der Waals surface area contributed by atoms with Crippen molar-refractivity contribution in [1.82, 2.24) is 0 Å². The minimum Gasteiger partial charge on any atom is -0.462 e. The molecule has 29 heavy (non-hydrogen) atoms. The number of rotatable bonds is 2. The molecule has 2 nitrogen and oxygen atoms in total. The van der Waals surface area contributed by atoms with Gasteiger partial charge in [0.15, 0.2) is 0 Å². The summed E-state index contributed by atoms with van der Waals surface area (Å²) < 4.78 is 5.85. The van der Waals surface area contributed by atoms with E-state index in [1.165, 1.54) is 40.8 Å². The van der Waals surface area contributed by atoms with Crippen LogP contribution in [0.25, 0.3) is 11.0 Å². The minimum absolute atomic E-state index is 0.111. The summed E-state index contributed by atoms with van der Waals surface area (Å²) in [6.07, 6.45) is 4.31. The Labute approximate surface area is 175 Å². The molecule has 0 amide bonds. The zero-order chi connectivity index (χ0) is 21.2. The Morgan fingerprint density at radius 2 is 1.48 bits per heavy atom. The zero-order valence-electron chi connectivity index (χ0n) is 19.3. The van der Waals surface area contributed by atoms with Gasteiger partial charge in [-0.2, -0.15) is 0 Å². The highest BCUT2D eigenvalue weighted by Gasteiger charge is 2.37. The fourth-order valence-corrected chi connectivity index (χ4v) is 4.59. The summed E-state index contributed by atoms with van der Waals surface area (Å²) in [5.41, 5.74) is 9.28. The van der Waals surface area contributed by atoms with Crippen LogP contribution in [0.4, 0.5) is 11.4 Å². The lowest BCUT2D eigenvalue weighted by Gasteiger charge is -2.42. The maximum Gasteiger partial charge on any atom is 0.136 e. The third-order valence-corrected chi connectivity index (χ3v) is 6.91. The molecule has 0 radical (unpaired) electrons. The molecule has 0 fully saturated rings. The fraction of sp³-hybridized carbons (Fsp3) is 0.481. The Hall–Kier alpha value is -2.22. The molecule has 0 aliphatic heterocycles. The summed E-state index contributed by atoms with van der Waals surface area (Å²) in [5.74, 6) is 0. The van der Waals surface area contributed by atoms with Crippen molar-refractivity contribution in [3.8, 4) is 0 Å². The number of hydrogen-bond donors (Lipinski definition) is 1. The van der Waals surface area contributed by atoms with Crippen molar-refractivity contribution < 1.29 is 4.42 Å².